The Bertz CT molecular complexity index is 1440. The molecular weight excluding hydrogens is 442 g/mol. The molecule has 0 radical (unpaired) electrons. The number of hydrogen-bond donors (Lipinski definition) is 2. The number of nitrogens with zero attached hydrogens (tertiary/aromatic N) is 1. The number of hydrogen-bond acceptors (Lipinski definition) is 5. The minimum atomic E-state index is -0.276. The number of carbonyl (C=O) groups excluding carboxylic acids is 1. The zero-order valence-electron chi connectivity index (χ0n) is 19.8. The van der Waals surface area contributed by atoms with E-state index in [9.17, 15) is 9.59 Å². The highest BCUT2D eigenvalue weighted by molar-refractivity contribution is 5.92. The number of pyridine rings is 1. The molecule has 1 amide bonds. The van der Waals surface area contributed by atoms with Crippen molar-refractivity contribution in [2.24, 2.45) is 0 Å². The van der Waals surface area contributed by atoms with Crippen molar-refractivity contribution in [3.05, 3.63) is 93.8 Å². The molecule has 0 fully saturated rings. The summed E-state index contributed by atoms with van der Waals surface area (Å²) < 4.78 is 13.0. The van der Waals surface area contributed by atoms with E-state index in [-0.39, 0.29) is 18.0 Å². The van der Waals surface area contributed by atoms with Gasteiger partial charge >= 0.3 is 0 Å². The Morgan fingerprint density at radius 2 is 1.57 bits per heavy atom. The highest BCUT2D eigenvalue weighted by atomic mass is 16.6. The molecule has 0 saturated heterocycles. The Hall–Kier alpha value is -4.26. The van der Waals surface area contributed by atoms with Crippen molar-refractivity contribution in [3.8, 4) is 11.5 Å². The lowest BCUT2D eigenvalue weighted by atomic mass is 10.1. The van der Waals surface area contributed by atoms with Crippen LogP contribution in [0.25, 0.3) is 10.9 Å². The van der Waals surface area contributed by atoms with Crippen molar-refractivity contribution in [1.29, 1.82) is 0 Å². The van der Waals surface area contributed by atoms with E-state index < -0.39 is 0 Å². The van der Waals surface area contributed by atoms with Gasteiger partial charge in [-0.25, -0.2) is 0 Å². The van der Waals surface area contributed by atoms with Crippen LogP contribution in [-0.4, -0.2) is 23.7 Å². The molecule has 178 valence electrons. The quantitative estimate of drug-likeness (QED) is 0.430. The van der Waals surface area contributed by atoms with E-state index in [0.29, 0.717) is 48.0 Å². The smallest absolute Gasteiger partial charge is 0.256 e. The van der Waals surface area contributed by atoms with Gasteiger partial charge in [-0.1, -0.05) is 24.3 Å². The number of benzene rings is 3. The zero-order chi connectivity index (χ0) is 24.4. The Labute approximate surface area is 203 Å². The molecule has 0 saturated carbocycles. The van der Waals surface area contributed by atoms with Gasteiger partial charge in [0.05, 0.1) is 5.52 Å². The van der Waals surface area contributed by atoms with Gasteiger partial charge < -0.3 is 20.1 Å². The number of amides is 1. The van der Waals surface area contributed by atoms with E-state index >= 15 is 0 Å². The number of fused-ring (bicyclic) bond motifs is 2. The molecule has 0 aliphatic carbocycles. The van der Waals surface area contributed by atoms with Gasteiger partial charge in [0, 0.05) is 34.9 Å². The molecule has 35 heavy (non-hydrogen) atoms. The van der Waals surface area contributed by atoms with Crippen molar-refractivity contribution in [3.63, 3.8) is 0 Å². The molecule has 7 heteroatoms. The maximum atomic E-state index is 13.5. The molecule has 2 heterocycles. The van der Waals surface area contributed by atoms with E-state index in [0.717, 1.165) is 22.2 Å². The van der Waals surface area contributed by atoms with Gasteiger partial charge in [0.1, 0.15) is 19.8 Å². The minimum Gasteiger partial charge on any atom is -0.486 e. The number of rotatable bonds is 6. The molecule has 1 aromatic heterocycles. The number of para-hydroxylation sites is 1. The van der Waals surface area contributed by atoms with E-state index in [4.69, 9.17) is 9.47 Å². The third kappa shape index (κ3) is 4.99. The number of nitrogens with one attached hydrogen (secondary N) is 2. The Morgan fingerprint density at radius 3 is 2.29 bits per heavy atom. The maximum absolute atomic E-state index is 13.5. The first kappa shape index (κ1) is 22.5. The molecule has 0 bridgehead atoms. The lowest BCUT2D eigenvalue weighted by Crippen LogP contribution is -2.31. The average Bonchev–Trinajstić information content (AvgIpc) is 2.83. The monoisotopic (exact) mass is 469 g/mol. The highest BCUT2D eigenvalue weighted by Crippen LogP contribution is 2.34. The SMILES string of the molecule is Cc1cc(C)cc(NC(=O)Cn2c(=O)c(CNc3ccccc3)cc3cc4c(cc32)OCCO4)c1. The summed E-state index contributed by atoms with van der Waals surface area (Å²) in [6.45, 7) is 5.07. The third-order valence-electron chi connectivity index (χ3n) is 5.90. The van der Waals surface area contributed by atoms with Crippen molar-refractivity contribution >= 4 is 28.2 Å². The summed E-state index contributed by atoms with van der Waals surface area (Å²) in [5.74, 6) is 0.929. The van der Waals surface area contributed by atoms with Gasteiger partial charge in [0.15, 0.2) is 11.5 Å². The van der Waals surface area contributed by atoms with Gasteiger partial charge in [-0.3, -0.25) is 14.2 Å². The van der Waals surface area contributed by atoms with Crippen LogP contribution in [0.5, 0.6) is 11.5 Å². The second-order valence-electron chi connectivity index (χ2n) is 8.76. The molecule has 4 aromatic rings. The fraction of sp³-hybridized carbons (Fsp3) is 0.214. The topological polar surface area (TPSA) is 81.6 Å². The minimum absolute atomic E-state index is 0.124. The molecular formula is C28H27N3O4. The number of ether oxygens (including phenoxy) is 2. The van der Waals surface area contributed by atoms with Crippen LogP contribution >= 0.6 is 0 Å². The summed E-state index contributed by atoms with van der Waals surface area (Å²) in [6, 6.07) is 21.1. The van der Waals surface area contributed by atoms with Crippen molar-refractivity contribution in [1.82, 2.24) is 4.57 Å². The lowest BCUT2D eigenvalue weighted by Gasteiger charge is -2.21. The molecule has 1 aliphatic rings. The number of aryl methyl sites for hydroxylation is 2. The fourth-order valence-electron chi connectivity index (χ4n) is 4.40. The standard InChI is InChI=1S/C28H27N3O4/c1-18-10-19(2)12-23(11-18)30-27(32)17-31-24-15-26-25(34-8-9-35-26)14-20(24)13-21(28(31)33)16-29-22-6-4-3-5-7-22/h3-7,10-15,29H,8-9,16-17H2,1-2H3,(H,30,32). The first-order valence-electron chi connectivity index (χ1n) is 11.6. The fourth-order valence-corrected chi connectivity index (χ4v) is 4.40. The summed E-state index contributed by atoms with van der Waals surface area (Å²) in [4.78, 5) is 26.6. The average molecular weight is 470 g/mol. The molecule has 3 aromatic carbocycles. The van der Waals surface area contributed by atoms with E-state index in [2.05, 4.69) is 10.6 Å². The van der Waals surface area contributed by atoms with Crippen LogP contribution in [0.2, 0.25) is 0 Å². The van der Waals surface area contributed by atoms with Gasteiger partial charge in [0.2, 0.25) is 5.91 Å². The summed E-state index contributed by atoms with van der Waals surface area (Å²) in [5.41, 5.74) is 4.68. The summed E-state index contributed by atoms with van der Waals surface area (Å²) in [6.07, 6.45) is 0. The van der Waals surface area contributed by atoms with Gasteiger partial charge in [-0.05, 0) is 61.4 Å². The van der Waals surface area contributed by atoms with Gasteiger partial charge in [0.25, 0.3) is 5.56 Å². The molecule has 5 rings (SSSR count). The Morgan fingerprint density at radius 1 is 0.886 bits per heavy atom. The molecule has 7 nitrogen and oxygen atoms in total. The predicted molar refractivity (Wildman–Crippen MR) is 138 cm³/mol. The van der Waals surface area contributed by atoms with Crippen LogP contribution in [0, 0.1) is 13.8 Å². The van der Waals surface area contributed by atoms with E-state index in [1.54, 1.807) is 6.07 Å². The first-order valence-corrected chi connectivity index (χ1v) is 11.6. The van der Waals surface area contributed by atoms with Gasteiger partial charge in [-0.15, -0.1) is 0 Å². The van der Waals surface area contributed by atoms with Gasteiger partial charge in [-0.2, -0.15) is 0 Å². The highest BCUT2D eigenvalue weighted by Gasteiger charge is 2.18. The van der Waals surface area contributed by atoms with Crippen LogP contribution < -0.4 is 25.7 Å². The maximum Gasteiger partial charge on any atom is 0.256 e. The first-order chi connectivity index (χ1) is 17.0. The number of carbonyl (C=O) groups is 1. The molecule has 2 N–H and O–H groups in total. The second-order valence-corrected chi connectivity index (χ2v) is 8.76. The molecule has 1 aliphatic heterocycles. The molecule has 0 unspecified atom stereocenters. The van der Waals surface area contributed by atoms with Crippen LogP contribution in [0.15, 0.2) is 71.5 Å². The lowest BCUT2D eigenvalue weighted by molar-refractivity contribution is -0.116. The second kappa shape index (κ2) is 9.54. The summed E-state index contributed by atoms with van der Waals surface area (Å²) in [7, 11) is 0. The Balaban J connectivity index is 1.52. The molecule has 0 atom stereocenters. The van der Waals surface area contributed by atoms with Crippen LogP contribution in [-0.2, 0) is 17.9 Å². The van der Waals surface area contributed by atoms with Crippen LogP contribution in [0.4, 0.5) is 11.4 Å². The summed E-state index contributed by atoms with van der Waals surface area (Å²) >= 11 is 0. The van der Waals surface area contributed by atoms with Crippen LogP contribution in [0.3, 0.4) is 0 Å². The number of anilines is 2. The predicted octanol–water partition coefficient (Wildman–Crippen LogP) is 4.64. The van der Waals surface area contributed by atoms with E-state index in [1.165, 1.54) is 4.57 Å². The number of aromatic nitrogens is 1. The van der Waals surface area contributed by atoms with Crippen LogP contribution in [0.1, 0.15) is 16.7 Å². The largest absolute Gasteiger partial charge is 0.486 e. The normalized spacial score (nSPS) is 12.4. The van der Waals surface area contributed by atoms with Crippen molar-refractivity contribution < 1.29 is 14.3 Å². The third-order valence-corrected chi connectivity index (χ3v) is 5.90. The van der Waals surface area contributed by atoms with Crippen molar-refractivity contribution in [2.45, 2.75) is 26.9 Å². The zero-order valence-corrected chi connectivity index (χ0v) is 19.8. The molecule has 0 spiro atoms. The Kier molecular flexibility index (Phi) is 6.14. The van der Waals surface area contributed by atoms with E-state index in [1.807, 2.05) is 74.5 Å². The summed E-state index contributed by atoms with van der Waals surface area (Å²) in [5, 5.41) is 7.03. The van der Waals surface area contributed by atoms with Crippen molar-refractivity contribution in [2.75, 3.05) is 23.8 Å².